The summed E-state index contributed by atoms with van der Waals surface area (Å²) in [6.07, 6.45) is 4.15. The van der Waals surface area contributed by atoms with Crippen LogP contribution in [0, 0.1) is 5.92 Å². The summed E-state index contributed by atoms with van der Waals surface area (Å²) in [5.41, 5.74) is -0.0356. The molecule has 3 rings (SSSR count). The van der Waals surface area contributed by atoms with Crippen molar-refractivity contribution in [3.63, 3.8) is 0 Å². The molecule has 1 aliphatic carbocycles. The molecule has 1 aromatic carbocycles. The van der Waals surface area contributed by atoms with Gasteiger partial charge in [-0.3, -0.25) is 14.5 Å². The van der Waals surface area contributed by atoms with Gasteiger partial charge in [0.2, 0.25) is 5.91 Å². The maximum Gasteiger partial charge on any atom is 0.325 e. The molecule has 33 heavy (non-hydrogen) atoms. The third kappa shape index (κ3) is 5.58. The van der Waals surface area contributed by atoms with Crippen molar-refractivity contribution in [2.75, 3.05) is 34.0 Å². The second-order valence-electron chi connectivity index (χ2n) is 8.80. The van der Waals surface area contributed by atoms with Crippen molar-refractivity contribution in [1.82, 2.24) is 15.5 Å². The van der Waals surface area contributed by atoms with E-state index >= 15 is 0 Å². The molecule has 1 saturated carbocycles. The van der Waals surface area contributed by atoms with Gasteiger partial charge < -0.3 is 24.8 Å². The van der Waals surface area contributed by atoms with Gasteiger partial charge in [-0.05, 0) is 56.2 Å². The van der Waals surface area contributed by atoms with Crippen molar-refractivity contribution in [2.24, 2.45) is 5.92 Å². The van der Waals surface area contributed by atoms with Crippen LogP contribution in [0.3, 0.4) is 0 Å². The number of hydrogen-bond acceptors (Lipinski definition) is 6. The van der Waals surface area contributed by atoms with Crippen LogP contribution in [0.2, 0.25) is 0 Å². The molecule has 1 spiro atoms. The molecular weight excluding hydrogens is 426 g/mol. The number of urea groups is 1. The summed E-state index contributed by atoms with van der Waals surface area (Å²) in [6, 6.07) is 4.57. The molecule has 1 aromatic rings. The highest BCUT2D eigenvalue weighted by molar-refractivity contribution is 6.09. The molecule has 1 unspecified atom stereocenters. The van der Waals surface area contributed by atoms with E-state index in [1.165, 1.54) is 0 Å². The molecule has 0 radical (unpaired) electrons. The molecule has 1 heterocycles. The van der Waals surface area contributed by atoms with E-state index in [0.717, 1.165) is 29.7 Å². The molecule has 1 atom stereocenters. The molecule has 1 aliphatic heterocycles. The average Bonchev–Trinajstić information content (AvgIpc) is 3.03. The van der Waals surface area contributed by atoms with E-state index in [1.807, 2.05) is 13.0 Å². The maximum absolute atomic E-state index is 13.0. The number of rotatable bonds is 10. The van der Waals surface area contributed by atoms with Crippen LogP contribution in [-0.2, 0) is 14.3 Å². The van der Waals surface area contributed by atoms with Crippen LogP contribution in [0.5, 0.6) is 11.5 Å². The van der Waals surface area contributed by atoms with Crippen LogP contribution in [-0.4, -0.2) is 62.3 Å². The van der Waals surface area contributed by atoms with Crippen molar-refractivity contribution >= 4 is 17.8 Å². The fourth-order valence-corrected chi connectivity index (χ4v) is 4.56. The Kier molecular flexibility index (Phi) is 8.18. The lowest BCUT2D eigenvalue weighted by atomic mass is 9.75. The Labute approximate surface area is 195 Å². The molecule has 0 bridgehead atoms. The highest BCUT2D eigenvalue weighted by atomic mass is 16.5. The fourth-order valence-electron chi connectivity index (χ4n) is 4.56. The van der Waals surface area contributed by atoms with Crippen LogP contribution < -0.4 is 20.1 Å². The zero-order chi connectivity index (χ0) is 24.0. The Morgan fingerprint density at radius 1 is 1.21 bits per heavy atom. The number of ether oxygens (including phenoxy) is 3. The molecule has 2 fully saturated rings. The summed E-state index contributed by atoms with van der Waals surface area (Å²) in [7, 11) is 3.15. The lowest BCUT2D eigenvalue weighted by Crippen LogP contribution is -2.50. The van der Waals surface area contributed by atoms with E-state index in [0.29, 0.717) is 43.5 Å². The first-order valence-electron chi connectivity index (χ1n) is 11.6. The largest absolute Gasteiger partial charge is 0.493 e. The van der Waals surface area contributed by atoms with Crippen molar-refractivity contribution in [3.05, 3.63) is 23.8 Å². The second kappa shape index (κ2) is 10.9. The Bertz CT molecular complexity index is 866. The molecule has 182 valence electrons. The summed E-state index contributed by atoms with van der Waals surface area (Å²) in [5, 5.41) is 5.73. The zero-order valence-electron chi connectivity index (χ0n) is 19.9. The number of methoxy groups -OCH3 is 2. The minimum absolute atomic E-state index is 0.288. The van der Waals surface area contributed by atoms with E-state index < -0.39 is 17.5 Å². The minimum atomic E-state index is -0.847. The Balaban J connectivity index is 1.59. The van der Waals surface area contributed by atoms with Crippen molar-refractivity contribution in [1.29, 1.82) is 0 Å². The van der Waals surface area contributed by atoms with Gasteiger partial charge in [0.15, 0.2) is 11.5 Å². The van der Waals surface area contributed by atoms with Gasteiger partial charge in [-0.25, -0.2) is 4.79 Å². The van der Waals surface area contributed by atoms with Gasteiger partial charge in [0, 0.05) is 7.11 Å². The molecule has 2 aliphatic rings. The second-order valence-corrected chi connectivity index (χ2v) is 8.80. The maximum atomic E-state index is 13.0. The van der Waals surface area contributed by atoms with Crippen LogP contribution in [0.25, 0.3) is 0 Å². The summed E-state index contributed by atoms with van der Waals surface area (Å²) < 4.78 is 16.0. The lowest BCUT2D eigenvalue weighted by Gasteiger charge is -2.34. The topological polar surface area (TPSA) is 106 Å². The highest BCUT2D eigenvalue weighted by Crippen LogP contribution is 2.37. The van der Waals surface area contributed by atoms with Gasteiger partial charge in [-0.2, -0.15) is 0 Å². The van der Waals surface area contributed by atoms with Crippen molar-refractivity contribution in [3.8, 4) is 11.5 Å². The van der Waals surface area contributed by atoms with Gasteiger partial charge in [0.05, 0.1) is 19.8 Å². The third-order valence-corrected chi connectivity index (χ3v) is 6.69. The van der Waals surface area contributed by atoms with Gasteiger partial charge >= 0.3 is 6.03 Å². The number of hydrogen-bond donors (Lipinski definition) is 2. The van der Waals surface area contributed by atoms with Crippen LogP contribution in [0.1, 0.15) is 57.6 Å². The molecule has 4 amide bonds. The number of amides is 4. The number of nitrogens with one attached hydrogen (secondary N) is 2. The third-order valence-electron chi connectivity index (χ3n) is 6.69. The first kappa shape index (κ1) is 24.8. The molecular formula is C24H35N3O6. The molecule has 2 N–H and O–H groups in total. The quantitative estimate of drug-likeness (QED) is 0.410. The SMILES string of the molecule is CCC1CCC2(CC1)NC(=O)N(CC(=O)NC(C)c1ccc(OCCOC)c(OC)c1)C2=O. The number of carbonyl (C=O) groups is 3. The summed E-state index contributed by atoms with van der Waals surface area (Å²) >= 11 is 0. The van der Waals surface area contributed by atoms with Crippen LogP contribution in [0.15, 0.2) is 18.2 Å². The Morgan fingerprint density at radius 2 is 1.94 bits per heavy atom. The normalized spacial score (nSPS) is 23.4. The van der Waals surface area contributed by atoms with Crippen LogP contribution in [0.4, 0.5) is 4.79 Å². The van der Waals surface area contributed by atoms with E-state index in [2.05, 4.69) is 17.6 Å². The molecule has 1 saturated heterocycles. The minimum Gasteiger partial charge on any atom is -0.493 e. The van der Waals surface area contributed by atoms with E-state index in [4.69, 9.17) is 14.2 Å². The van der Waals surface area contributed by atoms with Gasteiger partial charge in [0.25, 0.3) is 5.91 Å². The van der Waals surface area contributed by atoms with Gasteiger partial charge in [0.1, 0.15) is 18.7 Å². The predicted molar refractivity (Wildman–Crippen MR) is 122 cm³/mol. The summed E-state index contributed by atoms with van der Waals surface area (Å²) in [5.74, 6) is 1.03. The van der Waals surface area contributed by atoms with E-state index in [1.54, 1.807) is 26.4 Å². The fraction of sp³-hybridized carbons (Fsp3) is 0.625. The Hall–Kier alpha value is -2.81. The number of nitrogens with zero attached hydrogens (tertiary/aromatic N) is 1. The summed E-state index contributed by atoms with van der Waals surface area (Å²) in [4.78, 5) is 39.3. The smallest absolute Gasteiger partial charge is 0.325 e. The first-order valence-corrected chi connectivity index (χ1v) is 11.6. The van der Waals surface area contributed by atoms with Crippen molar-refractivity contribution < 1.29 is 28.6 Å². The van der Waals surface area contributed by atoms with Crippen molar-refractivity contribution in [2.45, 2.75) is 57.5 Å². The zero-order valence-corrected chi connectivity index (χ0v) is 19.9. The van der Waals surface area contributed by atoms with Gasteiger partial charge in [-0.1, -0.05) is 19.4 Å². The number of benzene rings is 1. The summed E-state index contributed by atoms with van der Waals surface area (Å²) in [6.45, 7) is 4.53. The molecule has 0 aromatic heterocycles. The lowest BCUT2D eigenvalue weighted by molar-refractivity contribution is -0.136. The predicted octanol–water partition coefficient (Wildman–Crippen LogP) is 2.79. The van der Waals surface area contributed by atoms with E-state index in [-0.39, 0.29) is 18.5 Å². The number of carbonyl (C=O) groups excluding carboxylic acids is 3. The highest BCUT2D eigenvalue weighted by Gasteiger charge is 2.52. The number of imide groups is 1. The monoisotopic (exact) mass is 461 g/mol. The molecule has 9 heteroatoms. The Morgan fingerprint density at radius 3 is 2.58 bits per heavy atom. The van der Waals surface area contributed by atoms with Gasteiger partial charge in [-0.15, -0.1) is 0 Å². The van der Waals surface area contributed by atoms with E-state index in [9.17, 15) is 14.4 Å². The average molecular weight is 462 g/mol. The van der Waals surface area contributed by atoms with Crippen LogP contribution >= 0.6 is 0 Å². The first-order chi connectivity index (χ1) is 15.8. The molecule has 9 nitrogen and oxygen atoms in total. The standard InChI is InChI=1S/C24H35N3O6/c1-5-17-8-10-24(11-9-17)22(29)27(23(30)26-24)15-21(28)25-16(2)18-6-7-19(20(14-18)32-4)33-13-12-31-3/h6-7,14,16-17H,5,8-13,15H2,1-4H3,(H,25,28)(H,26,30).